The predicted octanol–water partition coefficient (Wildman–Crippen LogP) is 1.56. The van der Waals surface area contributed by atoms with Crippen LogP contribution in [0, 0.1) is 0 Å². The summed E-state index contributed by atoms with van der Waals surface area (Å²) in [6.45, 7) is 3.06. The zero-order valence-corrected chi connectivity index (χ0v) is 10.1. The lowest BCUT2D eigenvalue weighted by Crippen LogP contribution is -2.43. The quantitative estimate of drug-likeness (QED) is 0.834. The molecule has 1 aromatic heterocycles. The van der Waals surface area contributed by atoms with E-state index in [9.17, 15) is 4.79 Å². The Hall–Kier alpha value is -1.36. The molecule has 0 radical (unpaired) electrons. The summed E-state index contributed by atoms with van der Waals surface area (Å²) in [5.74, 6) is 0.209. The van der Waals surface area contributed by atoms with E-state index >= 15 is 0 Å². The fourth-order valence-electron chi connectivity index (χ4n) is 2.39. The Kier molecular flexibility index (Phi) is 3.78. The van der Waals surface area contributed by atoms with Crippen LogP contribution < -0.4 is 5.32 Å². The average molecular weight is 237 g/mol. The Morgan fingerprint density at radius 3 is 3.18 bits per heavy atom. The fourth-order valence-corrected chi connectivity index (χ4v) is 2.39. The van der Waals surface area contributed by atoms with E-state index in [4.69, 9.17) is 5.11 Å². The molecule has 0 aromatic carbocycles. The molecule has 0 saturated carbocycles. The maximum Gasteiger partial charge on any atom is 0.320 e. The van der Waals surface area contributed by atoms with Crippen molar-refractivity contribution in [1.29, 1.82) is 0 Å². The fraction of sp³-hybridized carbons (Fsp3) is 0.667. The van der Waals surface area contributed by atoms with Crippen LogP contribution in [0.15, 0.2) is 12.4 Å². The van der Waals surface area contributed by atoms with Gasteiger partial charge in [0.25, 0.3) is 0 Å². The number of carbonyl (C=O) groups is 1. The summed E-state index contributed by atoms with van der Waals surface area (Å²) in [4.78, 5) is 15.4. The Balaban J connectivity index is 2.10. The number of imidazole rings is 1. The van der Waals surface area contributed by atoms with Gasteiger partial charge in [-0.25, -0.2) is 4.98 Å². The highest BCUT2D eigenvalue weighted by Gasteiger charge is 2.28. The van der Waals surface area contributed by atoms with Crippen LogP contribution in [0.25, 0.3) is 0 Å². The Labute approximate surface area is 101 Å². The first-order chi connectivity index (χ1) is 8.22. The molecule has 2 N–H and O–H groups in total. The minimum Gasteiger partial charge on any atom is -0.480 e. The van der Waals surface area contributed by atoms with Gasteiger partial charge in [0.05, 0.1) is 6.04 Å². The second-order valence-corrected chi connectivity index (χ2v) is 4.52. The van der Waals surface area contributed by atoms with E-state index in [-0.39, 0.29) is 6.04 Å². The van der Waals surface area contributed by atoms with Gasteiger partial charge in [-0.05, 0) is 25.7 Å². The summed E-state index contributed by atoms with van der Waals surface area (Å²) in [6.07, 6.45) is 7.42. The topological polar surface area (TPSA) is 67.2 Å². The maximum absolute atomic E-state index is 11.0. The molecular weight excluding hydrogens is 218 g/mol. The van der Waals surface area contributed by atoms with Gasteiger partial charge in [0.1, 0.15) is 11.9 Å². The molecule has 2 rings (SSSR count). The molecule has 1 saturated heterocycles. The lowest BCUT2D eigenvalue weighted by Gasteiger charge is -2.28. The second-order valence-electron chi connectivity index (χ2n) is 4.52. The smallest absolute Gasteiger partial charge is 0.320 e. The normalized spacial score (nSPS) is 24.8. The number of hydrogen-bond acceptors (Lipinski definition) is 3. The predicted molar refractivity (Wildman–Crippen MR) is 63.7 cm³/mol. The average Bonchev–Trinajstić information content (AvgIpc) is 2.78. The molecule has 1 fully saturated rings. The molecule has 1 aliphatic rings. The minimum absolute atomic E-state index is 0.0754. The molecule has 2 unspecified atom stereocenters. The summed E-state index contributed by atoms with van der Waals surface area (Å²) in [6, 6.07) is -0.355. The Morgan fingerprint density at radius 1 is 1.65 bits per heavy atom. The van der Waals surface area contributed by atoms with Crippen molar-refractivity contribution in [2.45, 2.75) is 51.2 Å². The summed E-state index contributed by atoms with van der Waals surface area (Å²) in [5, 5.41) is 12.2. The van der Waals surface area contributed by atoms with Gasteiger partial charge in [-0.3, -0.25) is 10.1 Å². The van der Waals surface area contributed by atoms with Crippen molar-refractivity contribution in [3.8, 4) is 0 Å². The minimum atomic E-state index is -0.761. The Morgan fingerprint density at radius 2 is 2.47 bits per heavy atom. The number of carboxylic acid groups (broad SMARTS) is 1. The van der Waals surface area contributed by atoms with E-state index in [1.165, 1.54) is 0 Å². The first-order valence-corrected chi connectivity index (χ1v) is 6.22. The molecule has 17 heavy (non-hydrogen) atoms. The number of nitrogens with zero attached hydrogens (tertiary/aromatic N) is 2. The third kappa shape index (κ3) is 2.66. The highest BCUT2D eigenvalue weighted by Crippen LogP contribution is 2.24. The molecule has 0 spiro atoms. The van der Waals surface area contributed by atoms with E-state index in [1.807, 2.05) is 6.20 Å². The van der Waals surface area contributed by atoms with Crippen molar-refractivity contribution in [3.63, 3.8) is 0 Å². The maximum atomic E-state index is 11.0. The van der Waals surface area contributed by atoms with Crippen molar-refractivity contribution < 1.29 is 9.90 Å². The highest BCUT2D eigenvalue weighted by atomic mass is 16.4. The van der Waals surface area contributed by atoms with Gasteiger partial charge in [-0.1, -0.05) is 6.92 Å². The van der Waals surface area contributed by atoms with Crippen molar-refractivity contribution in [3.05, 3.63) is 18.2 Å². The van der Waals surface area contributed by atoms with Crippen LogP contribution >= 0.6 is 0 Å². The molecule has 0 amide bonds. The first kappa shape index (κ1) is 12.1. The summed E-state index contributed by atoms with van der Waals surface area (Å²) >= 11 is 0. The van der Waals surface area contributed by atoms with E-state index in [2.05, 4.69) is 21.8 Å². The largest absolute Gasteiger partial charge is 0.480 e. The number of aliphatic carboxylic acids is 1. The lowest BCUT2D eigenvalue weighted by molar-refractivity contribution is -0.140. The van der Waals surface area contributed by atoms with E-state index in [0.717, 1.165) is 31.6 Å². The number of aryl methyl sites for hydroxylation is 1. The summed E-state index contributed by atoms with van der Waals surface area (Å²) in [5.41, 5.74) is 0. The van der Waals surface area contributed by atoms with Gasteiger partial charge < -0.3 is 9.67 Å². The first-order valence-electron chi connectivity index (χ1n) is 6.22. The van der Waals surface area contributed by atoms with Gasteiger partial charge in [0.2, 0.25) is 0 Å². The van der Waals surface area contributed by atoms with Crippen LogP contribution in [-0.4, -0.2) is 26.7 Å². The molecule has 5 nitrogen and oxygen atoms in total. The van der Waals surface area contributed by atoms with Crippen molar-refractivity contribution >= 4 is 5.97 Å². The number of aromatic nitrogens is 2. The number of nitrogens with one attached hydrogen (secondary N) is 1. The molecular formula is C12H19N3O2. The molecule has 0 bridgehead atoms. The van der Waals surface area contributed by atoms with Gasteiger partial charge in [0.15, 0.2) is 0 Å². The number of hydrogen-bond donors (Lipinski definition) is 2. The second kappa shape index (κ2) is 5.31. The molecule has 2 heterocycles. The zero-order chi connectivity index (χ0) is 12.3. The van der Waals surface area contributed by atoms with Gasteiger partial charge in [-0.15, -0.1) is 0 Å². The number of carboxylic acids is 1. The van der Waals surface area contributed by atoms with Gasteiger partial charge >= 0.3 is 5.97 Å². The highest BCUT2D eigenvalue weighted by molar-refractivity contribution is 5.73. The van der Waals surface area contributed by atoms with Crippen LogP contribution in [-0.2, 0) is 11.3 Å². The third-order valence-corrected chi connectivity index (χ3v) is 3.21. The molecule has 1 aliphatic heterocycles. The monoisotopic (exact) mass is 237 g/mol. The molecule has 5 heteroatoms. The van der Waals surface area contributed by atoms with Crippen molar-refractivity contribution in [2.24, 2.45) is 0 Å². The van der Waals surface area contributed by atoms with Gasteiger partial charge in [0, 0.05) is 18.9 Å². The van der Waals surface area contributed by atoms with Gasteiger partial charge in [-0.2, -0.15) is 0 Å². The van der Waals surface area contributed by atoms with E-state index < -0.39 is 12.0 Å². The van der Waals surface area contributed by atoms with Crippen molar-refractivity contribution in [2.75, 3.05) is 0 Å². The molecule has 0 aliphatic carbocycles. The van der Waals surface area contributed by atoms with Crippen LogP contribution in [0.1, 0.15) is 44.5 Å². The van der Waals surface area contributed by atoms with Crippen LogP contribution in [0.4, 0.5) is 0 Å². The summed E-state index contributed by atoms with van der Waals surface area (Å²) < 4.78 is 2.11. The summed E-state index contributed by atoms with van der Waals surface area (Å²) in [7, 11) is 0. The SMILES string of the molecule is CCCn1ccnc1C1CCCC(C(=O)O)N1. The third-order valence-electron chi connectivity index (χ3n) is 3.21. The molecule has 1 aromatic rings. The Bertz CT molecular complexity index is 389. The van der Waals surface area contributed by atoms with Crippen LogP contribution in [0.3, 0.4) is 0 Å². The van der Waals surface area contributed by atoms with Crippen LogP contribution in [0.2, 0.25) is 0 Å². The number of piperidine rings is 1. The van der Waals surface area contributed by atoms with E-state index in [1.54, 1.807) is 6.20 Å². The number of rotatable bonds is 4. The molecule has 94 valence electrons. The van der Waals surface area contributed by atoms with Crippen LogP contribution in [0.5, 0.6) is 0 Å². The van der Waals surface area contributed by atoms with E-state index in [0.29, 0.717) is 6.42 Å². The standard InChI is InChI=1S/C12H19N3O2/c1-2-7-15-8-6-13-11(15)9-4-3-5-10(14-9)12(16)17/h6,8-10,14H,2-5,7H2,1H3,(H,16,17). The van der Waals surface area contributed by atoms with Crippen molar-refractivity contribution in [1.82, 2.24) is 14.9 Å². The lowest BCUT2D eigenvalue weighted by atomic mass is 9.98. The zero-order valence-electron chi connectivity index (χ0n) is 10.1. The molecule has 2 atom stereocenters.